The van der Waals surface area contributed by atoms with Crippen molar-refractivity contribution in [3.8, 4) is 0 Å². The van der Waals surface area contributed by atoms with E-state index in [0.717, 1.165) is 6.42 Å². The van der Waals surface area contributed by atoms with Gasteiger partial charge in [0.1, 0.15) is 5.82 Å². The van der Waals surface area contributed by atoms with E-state index >= 15 is 0 Å². The summed E-state index contributed by atoms with van der Waals surface area (Å²) < 4.78 is 0. The van der Waals surface area contributed by atoms with Crippen LogP contribution in [0, 0.1) is 0 Å². The van der Waals surface area contributed by atoms with Crippen LogP contribution in [-0.4, -0.2) is 29.5 Å². The number of hydrogen-bond donors (Lipinski definition) is 1. The Bertz CT molecular complexity index is 319. The largest absolute Gasteiger partial charge is 0.383 e. The number of pyridine rings is 1. The van der Waals surface area contributed by atoms with Gasteiger partial charge in [0, 0.05) is 6.20 Å². The molecule has 2 rings (SSSR count). The number of piperidine rings is 1. The SMILES string of the molecule is Nc1ncccc1CCCN1CCCCC1. The summed E-state index contributed by atoms with van der Waals surface area (Å²) >= 11 is 0. The molecular formula is C13H21N3. The molecule has 0 aromatic carbocycles. The quantitative estimate of drug-likeness (QED) is 0.843. The highest BCUT2D eigenvalue weighted by Crippen LogP contribution is 2.12. The highest BCUT2D eigenvalue weighted by Gasteiger charge is 2.09. The second-order valence-electron chi connectivity index (χ2n) is 4.55. The van der Waals surface area contributed by atoms with Gasteiger partial charge in [-0.2, -0.15) is 0 Å². The van der Waals surface area contributed by atoms with Crippen molar-refractivity contribution < 1.29 is 0 Å². The molecule has 0 amide bonds. The topological polar surface area (TPSA) is 42.1 Å². The number of rotatable bonds is 4. The van der Waals surface area contributed by atoms with Crippen LogP contribution in [0.3, 0.4) is 0 Å². The lowest BCUT2D eigenvalue weighted by Gasteiger charge is -2.26. The highest BCUT2D eigenvalue weighted by molar-refractivity contribution is 5.38. The summed E-state index contributed by atoms with van der Waals surface area (Å²) in [6.45, 7) is 3.76. The predicted molar refractivity (Wildman–Crippen MR) is 67.3 cm³/mol. The standard InChI is InChI=1S/C13H21N3/c14-13-12(6-4-8-15-13)7-5-11-16-9-2-1-3-10-16/h4,6,8H,1-3,5,7,9-11H2,(H2,14,15). The number of aromatic nitrogens is 1. The minimum absolute atomic E-state index is 0.696. The fourth-order valence-corrected chi connectivity index (χ4v) is 2.34. The number of likely N-dealkylation sites (tertiary alicyclic amines) is 1. The van der Waals surface area contributed by atoms with Crippen molar-refractivity contribution in [3.05, 3.63) is 23.9 Å². The molecule has 16 heavy (non-hydrogen) atoms. The summed E-state index contributed by atoms with van der Waals surface area (Å²) in [5.41, 5.74) is 7.01. The fourth-order valence-electron chi connectivity index (χ4n) is 2.34. The van der Waals surface area contributed by atoms with E-state index in [1.54, 1.807) is 6.20 Å². The third-order valence-electron chi connectivity index (χ3n) is 3.30. The molecule has 0 saturated carbocycles. The third-order valence-corrected chi connectivity index (χ3v) is 3.30. The zero-order valence-corrected chi connectivity index (χ0v) is 9.86. The first-order valence-corrected chi connectivity index (χ1v) is 6.28. The van der Waals surface area contributed by atoms with Crippen LogP contribution in [-0.2, 0) is 6.42 Å². The maximum Gasteiger partial charge on any atom is 0.126 e. The average molecular weight is 219 g/mol. The molecule has 1 aliphatic rings. The highest BCUT2D eigenvalue weighted by atomic mass is 15.1. The van der Waals surface area contributed by atoms with E-state index in [1.165, 1.54) is 50.9 Å². The van der Waals surface area contributed by atoms with Crippen LogP contribution in [0.5, 0.6) is 0 Å². The van der Waals surface area contributed by atoms with Crippen molar-refractivity contribution in [2.45, 2.75) is 32.1 Å². The lowest BCUT2D eigenvalue weighted by Crippen LogP contribution is -2.30. The van der Waals surface area contributed by atoms with Crippen molar-refractivity contribution in [1.82, 2.24) is 9.88 Å². The van der Waals surface area contributed by atoms with Gasteiger partial charge in [0.15, 0.2) is 0 Å². The number of nitrogens with zero attached hydrogens (tertiary/aromatic N) is 2. The average Bonchev–Trinajstić information content (AvgIpc) is 2.33. The summed E-state index contributed by atoms with van der Waals surface area (Å²) in [5.74, 6) is 0.696. The number of aryl methyl sites for hydroxylation is 1. The number of anilines is 1. The van der Waals surface area contributed by atoms with E-state index in [0.29, 0.717) is 5.82 Å². The van der Waals surface area contributed by atoms with E-state index in [-0.39, 0.29) is 0 Å². The van der Waals surface area contributed by atoms with Crippen LogP contribution < -0.4 is 5.73 Å². The van der Waals surface area contributed by atoms with Crippen molar-refractivity contribution in [2.75, 3.05) is 25.4 Å². The second-order valence-corrected chi connectivity index (χ2v) is 4.55. The van der Waals surface area contributed by atoms with Crippen molar-refractivity contribution >= 4 is 5.82 Å². The normalized spacial score (nSPS) is 17.5. The first-order chi connectivity index (χ1) is 7.86. The van der Waals surface area contributed by atoms with Crippen LogP contribution in [0.2, 0.25) is 0 Å². The molecule has 2 heterocycles. The van der Waals surface area contributed by atoms with Gasteiger partial charge in [0.05, 0.1) is 0 Å². The summed E-state index contributed by atoms with van der Waals surface area (Å²) in [6.07, 6.45) is 8.14. The smallest absolute Gasteiger partial charge is 0.126 e. The Hall–Kier alpha value is -1.09. The first kappa shape index (κ1) is 11.4. The molecule has 0 atom stereocenters. The Morgan fingerprint density at radius 3 is 2.81 bits per heavy atom. The van der Waals surface area contributed by atoms with E-state index in [9.17, 15) is 0 Å². The number of hydrogen-bond acceptors (Lipinski definition) is 3. The summed E-state index contributed by atoms with van der Waals surface area (Å²) in [4.78, 5) is 6.67. The molecule has 3 nitrogen and oxygen atoms in total. The van der Waals surface area contributed by atoms with Gasteiger partial charge in [-0.05, 0) is 56.9 Å². The van der Waals surface area contributed by atoms with Crippen LogP contribution in [0.25, 0.3) is 0 Å². The fraction of sp³-hybridized carbons (Fsp3) is 0.615. The first-order valence-electron chi connectivity index (χ1n) is 6.28. The minimum atomic E-state index is 0.696. The van der Waals surface area contributed by atoms with Crippen molar-refractivity contribution in [1.29, 1.82) is 0 Å². The summed E-state index contributed by atoms with van der Waals surface area (Å²) in [5, 5.41) is 0. The van der Waals surface area contributed by atoms with Gasteiger partial charge in [-0.15, -0.1) is 0 Å². The van der Waals surface area contributed by atoms with Crippen molar-refractivity contribution in [2.24, 2.45) is 0 Å². The molecule has 2 N–H and O–H groups in total. The second kappa shape index (κ2) is 5.85. The summed E-state index contributed by atoms with van der Waals surface area (Å²) in [7, 11) is 0. The maximum atomic E-state index is 5.82. The van der Waals surface area contributed by atoms with E-state index < -0.39 is 0 Å². The van der Waals surface area contributed by atoms with E-state index in [4.69, 9.17) is 5.73 Å². The Kier molecular flexibility index (Phi) is 4.17. The molecule has 0 spiro atoms. The Labute approximate surface area is 97.7 Å². The summed E-state index contributed by atoms with van der Waals surface area (Å²) in [6, 6.07) is 4.05. The van der Waals surface area contributed by atoms with Crippen LogP contribution >= 0.6 is 0 Å². The number of nitrogens with two attached hydrogens (primary N) is 1. The van der Waals surface area contributed by atoms with Crippen LogP contribution in [0.1, 0.15) is 31.2 Å². The molecule has 1 aliphatic heterocycles. The zero-order chi connectivity index (χ0) is 11.2. The molecule has 0 aliphatic carbocycles. The minimum Gasteiger partial charge on any atom is -0.383 e. The third kappa shape index (κ3) is 3.20. The monoisotopic (exact) mass is 219 g/mol. The lowest BCUT2D eigenvalue weighted by atomic mass is 10.1. The Morgan fingerprint density at radius 2 is 2.06 bits per heavy atom. The Balaban J connectivity index is 1.73. The molecule has 1 fully saturated rings. The van der Waals surface area contributed by atoms with Crippen LogP contribution in [0.4, 0.5) is 5.82 Å². The van der Waals surface area contributed by atoms with Gasteiger partial charge in [-0.25, -0.2) is 4.98 Å². The van der Waals surface area contributed by atoms with Crippen molar-refractivity contribution in [3.63, 3.8) is 0 Å². The molecule has 3 heteroatoms. The molecular weight excluding hydrogens is 198 g/mol. The van der Waals surface area contributed by atoms with Gasteiger partial charge in [-0.1, -0.05) is 12.5 Å². The van der Waals surface area contributed by atoms with Crippen LogP contribution in [0.15, 0.2) is 18.3 Å². The Morgan fingerprint density at radius 1 is 1.25 bits per heavy atom. The predicted octanol–water partition coefficient (Wildman–Crippen LogP) is 2.08. The molecule has 0 radical (unpaired) electrons. The van der Waals surface area contributed by atoms with Gasteiger partial charge in [0.2, 0.25) is 0 Å². The van der Waals surface area contributed by atoms with E-state index in [1.807, 2.05) is 6.07 Å². The van der Waals surface area contributed by atoms with Gasteiger partial charge >= 0.3 is 0 Å². The lowest BCUT2D eigenvalue weighted by molar-refractivity contribution is 0.226. The van der Waals surface area contributed by atoms with Gasteiger partial charge < -0.3 is 10.6 Å². The molecule has 0 bridgehead atoms. The van der Waals surface area contributed by atoms with E-state index in [2.05, 4.69) is 16.0 Å². The maximum absolute atomic E-state index is 5.82. The molecule has 0 unspecified atom stereocenters. The molecule has 88 valence electrons. The van der Waals surface area contributed by atoms with Gasteiger partial charge in [0.25, 0.3) is 0 Å². The number of nitrogen functional groups attached to an aromatic ring is 1. The zero-order valence-electron chi connectivity index (χ0n) is 9.86. The van der Waals surface area contributed by atoms with Gasteiger partial charge in [-0.3, -0.25) is 0 Å². The molecule has 1 aromatic rings. The molecule has 1 saturated heterocycles. The molecule has 1 aromatic heterocycles.